The minimum atomic E-state index is -1.40. The van der Waals surface area contributed by atoms with E-state index < -0.39 is 67.2 Å². The molecule has 1 heterocycles. The maximum Gasteiger partial charge on any atom is 0.328 e. The molecular weight excluding hydrogens is 508 g/mol. The van der Waals surface area contributed by atoms with Crippen LogP contribution < -0.4 is 10.6 Å². The molecule has 0 bridgehead atoms. The van der Waals surface area contributed by atoms with Gasteiger partial charge in [0.25, 0.3) is 0 Å². The van der Waals surface area contributed by atoms with Gasteiger partial charge in [-0.15, -0.1) is 0 Å². The second-order valence-electron chi connectivity index (χ2n) is 9.31. The highest BCUT2D eigenvalue weighted by Crippen LogP contribution is 2.26. The van der Waals surface area contributed by atoms with Crippen LogP contribution in [-0.2, 0) is 46.5 Å². The summed E-state index contributed by atoms with van der Waals surface area (Å²) in [6.45, 7) is 3.85. The average molecular weight is 545 g/mol. The molecule has 39 heavy (non-hydrogen) atoms. The van der Waals surface area contributed by atoms with Gasteiger partial charge in [0.15, 0.2) is 6.29 Å². The van der Waals surface area contributed by atoms with Crippen LogP contribution in [0.1, 0.15) is 31.9 Å². The van der Waals surface area contributed by atoms with Crippen LogP contribution in [0.25, 0.3) is 0 Å². The number of aliphatic hydroxyl groups is 2. The largest absolute Gasteiger partial charge is 0.459 e. The predicted molar refractivity (Wildman–Crippen MR) is 139 cm³/mol. The normalized spacial score (nSPS) is 24.3. The molecule has 2 aromatic carbocycles. The minimum absolute atomic E-state index is 0.0610. The number of aliphatic hydroxyl groups excluding tert-OH is 2. The van der Waals surface area contributed by atoms with Crippen molar-refractivity contribution in [2.24, 2.45) is 0 Å². The lowest BCUT2D eigenvalue weighted by atomic mass is 9.96. The quantitative estimate of drug-likeness (QED) is 0.284. The molecule has 4 N–H and O–H groups in total. The van der Waals surface area contributed by atoms with Crippen LogP contribution in [0.2, 0.25) is 0 Å². The van der Waals surface area contributed by atoms with Crippen molar-refractivity contribution in [2.75, 3.05) is 6.61 Å². The summed E-state index contributed by atoms with van der Waals surface area (Å²) in [4.78, 5) is 37.2. The van der Waals surface area contributed by atoms with E-state index >= 15 is 0 Å². The first kappa shape index (κ1) is 30.2. The number of hydrogen-bond acceptors (Lipinski definition) is 9. The van der Waals surface area contributed by atoms with Gasteiger partial charge in [0.1, 0.15) is 43.1 Å². The van der Waals surface area contributed by atoms with Crippen molar-refractivity contribution in [2.45, 2.75) is 76.8 Å². The van der Waals surface area contributed by atoms with Gasteiger partial charge in [-0.3, -0.25) is 9.59 Å². The van der Waals surface area contributed by atoms with Crippen LogP contribution in [0.4, 0.5) is 0 Å². The van der Waals surface area contributed by atoms with E-state index in [1.165, 1.54) is 20.8 Å². The number of esters is 1. The molecule has 0 spiro atoms. The molecule has 7 atom stereocenters. The molecular formula is C28H36N2O9. The van der Waals surface area contributed by atoms with Crippen LogP contribution in [-0.4, -0.2) is 77.4 Å². The number of amides is 2. The Balaban J connectivity index is 1.64. The first-order valence-corrected chi connectivity index (χ1v) is 12.7. The number of carbonyl (C=O) groups excluding carboxylic acids is 3. The SMILES string of the molecule is CC(=O)N[C@@H]1[C@H](OCc2ccccc2)O[C@H](CO)[C@@H](O)[C@@H]1O[C@H](C)C(=O)N[C@@H](C)C(=O)OCc1ccccc1. The number of ether oxygens (including phenoxy) is 4. The lowest BCUT2D eigenvalue weighted by Gasteiger charge is -2.44. The summed E-state index contributed by atoms with van der Waals surface area (Å²) in [5.41, 5.74) is 1.65. The van der Waals surface area contributed by atoms with Crippen molar-refractivity contribution < 1.29 is 43.5 Å². The van der Waals surface area contributed by atoms with Crippen LogP contribution >= 0.6 is 0 Å². The van der Waals surface area contributed by atoms with Gasteiger partial charge < -0.3 is 39.8 Å². The zero-order chi connectivity index (χ0) is 28.4. The van der Waals surface area contributed by atoms with Gasteiger partial charge in [-0.25, -0.2) is 4.79 Å². The van der Waals surface area contributed by atoms with E-state index in [4.69, 9.17) is 18.9 Å². The summed E-state index contributed by atoms with van der Waals surface area (Å²) in [6, 6.07) is 16.4. The highest BCUT2D eigenvalue weighted by molar-refractivity contribution is 5.86. The topological polar surface area (TPSA) is 153 Å². The average Bonchev–Trinajstić information content (AvgIpc) is 2.93. The van der Waals surface area contributed by atoms with E-state index in [-0.39, 0.29) is 13.2 Å². The van der Waals surface area contributed by atoms with Crippen molar-refractivity contribution in [3.8, 4) is 0 Å². The molecule has 1 aliphatic rings. The predicted octanol–water partition coefficient (Wildman–Crippen LogP) is 0.808. The number of benzene rings is 2. The van der Waals surface area contributed by atoms with Crippen molar-refractivity contribution in [3.63, 3.8) is 0 Å². The molecule has 0 saturated carbocycles. The fourth-order valence-corrected chi connectivity index (χ4v) is 4.05. The highest BCUT2D eigenvalue weighted by atomic mass is 16.7. The Morgan fingerprint density at radius 3 is 2.13 bits per heavy atom. The highest BCUT2D eigenvalue weighted by Gasteiger charge is 2.48. The van der Waals surface area contributed by atoms with Crippen molar-refractivity contribution in [3.05, 3.63) is 71.8 Å². The Labute approximate surface area is 227 Å². The Morgan fingerprint density at radius 1 is 0.974 bits per heavy atom. The maximum absolute atomic E-state index is 12.9. The zero-order valence-corrected chi connectivity index (χ0v) is 22.2. The van der Waals surface area contributed by atoms with Gasteiger partial charge in [0.05, 0.1) is 13.2 Å². The Kier molecular flexibility index (Phi) is 11.4. The summed E-state index contributed by atoms with van der Waals surface area (Å²) in [6.07, 6.45) is -5.92. The number of hydrogen-bond donors (Lipinski definition) is 4. The van der Waals surface area contributed by atoms with Gasteiger partial charge in [0.2, 0.25) is 11.8 Å². The summed E-state index contributed by atoms with van der Waals surface area (Å²) in [5, 5.41) is 25.9. The third-order valence-electron chi connectivity index (χ3n) is 6.15. The van der Waals surface area contributed by atoms with E-state index in [0.29, 0.717) is 0 Å². The minimum Gasteiger partial charge on any atom is -0.459 e. The fourth-order valence-electron chi connectivity index (χ4n) is 4.05. The van der Waals surface area contributed by atoms with Crippen LogP contribution in [0.3, 0.4) is 0 Å². The number of carbonyl (C=O) groups is 3. The van der Waals surface area contributed by atoms with Gasteiger partial charge in [-0.2, -0.15) is 0 Å². The van der Waals surface area contributed by atoms with E-state index in [0.717, 1.165) is 11.1 Å². The zero-order valence-electron chi connectivity index (χ0n) is 22.2. The molecule has 2 amide bonds. The molecule has 0 aromatic heterocycles. The van der Waals surface area contributed by atoms with Gasteiger partial charge in [-0.05, 0) is 25.0 Å². The summed E-state index contributed by atoms with van der Waals surface area (Å²) >= 11 is 0. The standard InChI is InChI=1S/C28H36N2O9/c1-17(27(35)36-15-20-10-6-4-7-11-20)29-26(34)18(2)38-25-23(30-19(3)32)28(39-22(14-31)24(25)33)37-16-21-12-8-5-9-13-21/h4-13,17-18,22-25,28,31,33H,14-16H2,1-3H3,(H,29,34)(H,30,32)/t17-,18+,22+,23-,24+,25+,28+/m0/s1. The third-order valence-corrected chi connectivity index (χ3v) is 6.15. The molecule has 1 fully saturated rings. The Hall–Kier alpha value is -3.35. The van der Waals surface area contributed by atoms with Crippen molar-refractivity contribution >= 4 is 17.8 Å². The van der Waals surface area contributed by atoms with Gasteiger partial charge >= 0.3 is 5.97 Å². The van der Waals surface area contributed by atoms with Gasteiger partial charge in [0, 0.05) is 6.92 Å². The third kappa shape index (κ3) is 8.84. The van der Waals surface area contributed by atoms with E-state index in [1.54, 1.807) is 0 Å². The smallest absolute Gasteiger partial charge is 0.328 e. The summed E-state index contributed by atoms with van der Waals surface area (Å²) in [7, 11) is 0. The molecule has 11 heteroatoms. The second kappa shape index (κ2) is 14.7. The Bertz CT molecular complexity index is 1070. The number of rotatable bonds is 12. The molecule has 0 radical (unpaired) electrons. The van der Waals surface area contributed by atoms with Crippen LogP contribution in [0, 0.1) is 0 Å². The molecule has 212 valence electrons. The summed E-state index contributed by atoms with van der Waals surface area (Å²) in [5.74, 6) is -1.70. The molecule has 2 aromatic rings. The molecule has 0 aliphatic carbocycles. The molecule has 1 saturated heterocycles. The monoisotopic (exact) mass is 544 g/mol. The first-order valence-electron chi connectivity index (χ1n) is 12.7. The maximum atomic E-state index is 12.9. The van der Waals surface area contributed by atoms with E-state index in [9.17, 15) is 24.6 Å². The molecule has 3 rings (SSSR count). The fraction of sp³-hybridized carbons (Fsp3) is 0.464. The first-order chi connectivity index (χ1) is 18.7. The summed E-state index contributed by atoms with van der Waals surface area (Å²) < 4.78 is 22.8. The molecule has 11 nitrogen and oxygen atoms in total. The van der Waals surface area contributed by atoms with E-state index in [1.807, 2.05) is 60.7 Å². The van der Waals surface area contributed by atoms with E-state index in [2.05, 4.69) is 10.6 Å². The molecule has 1 aliphatic heterocycles. The van der Waals surface area contributed by atoms with Crippen molar-refractivity contribution in [1.29, 1.82) is 0 Å². The van der Waals surface area contributed by atoms with Crippen molar-refractivity contribution in [1.82, 2.24) is 10.6 Å². The van der Waals surface area contributed by atoms with Crippen LogP contribution in [0.5, 0.6) is 0 Å². The van der Waals surface area contributed by atoms with Crippen LogP contribution in [0.15, 0.2) is 60.7 Å². The lowest BCUT2D eigenvalue weighted by Crippen LogP contribution is -2.66. The number of nitrogens with one attached hydrogen (secondary N) is 2. The Morgan fingerprint density at radius 2 is 1.56 bits per heavy atom. The molecule has 0 unspecified atom stereocenters. The second-order valence-corrected chi connectivity index (χ2v) is 9.31. The lowest BCUT2D eigenvalue weighted by molar-refractivity contribution is -0.283. The van der Waals surface area contributed by atoms with Gasteiger partial charge in [-0.1, -0.05) is 60.7 Å².